The number of carbonyl (C=O) groups is 2. The maximum absolute atomic E-state index is 12.2. The van der Waals surface area contributed by atoms with E-state index in [9.17, 15) is 9.59 Å². The second-order valence-corrected chi connectivity index (χ2v) is 7.59. The van der Waals surface area contributed by atoms with Crippen LogP contribution >= 0.6 is 46.4 Å². The minimum atomic E-state index is -1.31. The minimum Gasteiger partial charge on any atom is -0.476 e. The van der Waals surface area contributed by atoms with Crippen LogP contribution in [0.4, 0.5) is 5.69 Å². The molecule has 2 aromatic rings. The maximum atomic E-state index is 12.2. The third-order valence-electron chi connectivity index (χ3n) is 3.30. The molecule has 0 aliphatic rings. The Bertz CT molecular complexity index is 853. The SMILES string of the molecule is CC(C)(Oc1ccc(Cl)cc1)C(=O)OCC(=O)Nc1cc(Cl)c(Cl)cc1Cl. The summed E-state index contributed by atoms with van der Waals surface area (Å²) in [6.45, 7) is 2.53. The summed E-state index contributed by atoms with van der Waals surface area (Å²) in [5.41, 5.74) is -1.06. The molecular formula is C18H15Cl4NO4. The van der Waals surface area contributed by atoms with Crippen LogP contribution in [0.3, 0.4) is 0 Å². The summed E-state index contributed by atoms with van der Waals surface area (Å²) >= 11 is 23.5. The highest BCUT2D eigenvalue weighted by molar-refractivity contribution is 6.44. The van der Waals surface area contributed by atoms with E-state index in [-0.39, 0.29) is 20.8 Å². The van der Waals surface area contributed by atoms with Crippen molar-refractivity contribution in [3.63, 3.8) is 0 Å². The molecule has 0 atom stereocenters. The number of halogens is 4. The van der Waals surface area contributed by atoms with Crippen LogP contribution in [0.5, 0.6) is 5.75 Å². The largest absolute Gasteiger partial charge is 0.476 e. The first-order valence-electron chi connectivity index (χ1n) is 7.64. The first kappa shape index (κ1) is 21.6. The van der Waals surface area contributed by atoms with Gasteiger partial charge in [0.05, 0.1) is 20.8 Å². The number of hydrogen-bond acceptors (Lipinski definition) is 4. The van der Waals surface area contributed by atoms with Crippen molar-refractivity contribution in [1.82, 2.24) is 0 Å². The highest BCUT2D eigenvalue weighted by Crippen LogP contribution is 2.32. The lowest BCUT2D eigenvalue weighted by molar-refractivity contribution is -0.161. The smallest absolute Gasteiger partial charge is 0.350 e. The van der Waals surface area contributed by atoms with Crippen LogP contribution in [0.1, 0.15) is 13.8 Å². The molecule has 0 unspecified atom stereocenters. The Hall–Kier alpha value is -1.66. The van der Waals surface area contributed by atoms with Crippen LogP contribution in [0.2, 0.25) is 20.1 Å². The van der Waals surface area contributed by atoms with E-state index in [1.54, 1.807) is 24.3 Å². The Balaban J connectivity index is 1.92. The van der Waals surface area contributed by atoms with E-state index in [1.165, 1.54) is 26.0 Å². The third-order valence-corrected chi connectivity index (χ3v) is 4.58. The van der Waals surface area contributed by atoms with Gasteiger partial charge < -0.3 is 14.8 Å². The van der Waals surface area contributed by atoms with Crippen molar-refractivity contribution < 1.29 is 19.1 Å². The normalized spacial score (nSPS) is 11.0. The molecule has 1 N–H and O–H groups in total. The number of amides is 1. The molecule has 27 heavy (non-hydrogen) atoms. The minimum absolute atomic E-state index is 0.204. The number of ether oxygens (including phenoxy) is 2. The summed E-state index contributed by atoms with van der Waals surface area (Å²) < 4.78 is 10.6. The van der Waals surface area contributed by atoms with Crippen LogP contribution in [-0.2, 0) is 14.3 Å². The number of esters is 1. The maximum Gasteiger partial charge on any atom is 0.350 e. The molecule has 0 radical (unpaired) electrons. The van der Waals surface area contributed by atoms with Crippen LogP contribution in [0, 0.1) is 0 Å². The molecule has 0 heterocycles. The molecule has 2 aromatic carbocycles. The molecule has 1 amide bonds. The number of rotatable bonds is 6. The fourth-order valence-corrected chi connectivity index (χ4v) is 2.67. The molecule has 5 nitrogen and oxygen atoms in total. The molecule has 0 saturated carbocycles. The molecule has 144 valence electrons. The molecule has 0 spiro atoms. The average molecular weight is 451 g/mol. The third kappa shape index (κ3) is 6.18. The second kappa shape index (κ2) is 9.02. The Labute approximate surface area is 176 Å². The van der Waals surface area contributed by atoms with Crippen molar-refractivity contribution >= 4 is 64.0 Å². The van der Waals surface area contributed by atoms with Gasteiger partial charge in [0.25, 0.3) is 5.91 Å². The lowest BCUT2D eigenvalue weighted by atomic mass is 10.1. The lowest BCUT2D eigenvalue weighted by Crippen LogP contribution is -2.41. The van der Waals surface area contributed by atoms with Gasteiger partial charge in [-0.25, -0.2) is 4.79 Å². The Morgan fingerprint density at radius 1 is 0.963 bits per heavy atom. The Kier molecular flexibility index (Phi) is 7.23. The second-order valence-electron chi connectivity index (χ2n) is 5.94. The average Bonchev–Trinajstić information content (AvgIpc) is 2.59. The summed E-state index contributed by atoms with van der Waals surface area (Å²) in [7, 11) is 0. The number of carbonyl (C=O) groups excluding carboxylic acids is 2. The Morgan fingerprint density at radius 2 is 1.56 bits per heavy atom. The van der Waals surface area contributed by atoms with E-state index < -0.39 is 24.1 Å². The summed E-state index contributed by atoms with van der Waals surface area (Å²) in [4.78, 5) is 24.3. The zero-order valence-electron chi connectivity index (χ0n) is 14.3. The van der Waals surface area contributed by atoms with Gasteiger partial charge in [0.1, 0.15) is 5.75 Å². The van der Waals surface area contributed by atoms with Gasteiger partial charge in [-0.1, -0.05) is 46.4 Å². The van der Waals surface area contributed by atoms with Gasteiger partial charge in [-0.3, -0.25) is 4.79 Å². The van der Waals surface area contributed by atoms with Crippen LogP contribution in [0.25, 0.3) is 0 Å². The summed E-state index contributed by atoms with van der Waals surface area (Å²) in [5, 5.41) is 3.72. The van der Waals surface area contributed by atoms with Crippen molar-refractivity contribution in [1.29, 1.82) is 0 Å². The number of benzene rings is 2. The van der Waals surface area contributed by atoms with Crippen LogP contribution < -0.4 is 10.1 Å². The molecule has 0 aliphatic heterocycles. The number of hydrogen-bond donors (Lipinski definition) is 1. The van der Waals surface area contributed by atoms with E-state index in [2.05, 4.69) is 5.32 Å². The fraction of sp³-hybridized carbons (Fsp3) is 0.222. The van der Waals surface area contributed by atoms with E-state index in [0.717, 1.165) is 0 Å². The van der Waals surface area contributed by atoms with E-state index in [4.69, 9.17) is 55.9 Å². The number of anilines is 1. The molecule has 2 rings (SSSR count). The van der Waals surface area contributed by atoms with E-state index in [1.807, 2.05) is 0 Å². The quantitative estimate of drug-likeness (QED) is 0.456. The van der Waals surface area contributed by atoms with Crippen LogP contribution in [-0.4, -0.2) is 24.1 Å². The highest BCUT2D eigenvalue weighted by atomic mass is 35.5. The number of nitrogens with one attached hydrogen (secondary N) is 1. The first-order chi connectivity index (χ1) is 12.6. The van der Waals surface area contributed by atoms with Crippen molar-refractivity contribution in [2.45, 2.75) is 19.4 Å². The lowest BCUT2D eigenvalue weighted by Gasteiger charge is -2.24. The van der Waals surface area contributed by atoms with Crippen molar-refractivity contribution in [2.24, 2.45) is 0 Å². The standard InChI is InChI=1S/C18H15Cl4NO4/c1-18(2,27-11-5-3-10(19)4-6-11)17(25)26-9-16(24)23-15-8-13(21)12(20)7-14(15)22/h3-8H,9H2,1-2H3,(H,23,24). The molecule has 0 aliphatic carbocycles. The predicted octanol–water partition coefficient (Wildman–Crippen LogP) is 5.64. The van der Waals surface area contributed by atoms with Crippen molar-refractivity contribution in [3.05, 3.63) is 56.5 Å². The zero-order chi connectivity index (χ0) is 20.2. The molecule has 0 aromatic heterocycles. The van der Waals surface area contributed by atoms with Gasteiger partial charge in [-0.15, -0.1) is 0 Å². The first-order valence-corrected chi connectivity index (χ1v) is 9.16. The van der Waals surface area contributed by atoms with Gasteiger partial charge in [0, 0.05) is 5.02 Å². The van der Waals surface area contributed by atoms with Gasteiger partial charge >= 0.3 is 5.97 Å². The summed E-state index contributed by atoms with van der Waals surface area (Å²) in [6, 6.07) is 9.31. The van der Waals surface area contributed by atoms with Crippen LogP contribution in [0.15, 0.2) is 36.4 Å². The monoisotopic (exact) mass is 449 g/mol. The zero-order valence-corrected chi connectivity index (χ0v) is 17.3. The Morgan fingerprint density at radius 3 is 2.19 bits per heavy atom. The van der Waals surface area contributed by atoms with Gasteiger partial charge in [-0.2, -0.15) is 0 Å². The molecule has 9 heteroatoms. The van der Waals surface area contributed by atoms with Gasteiger partial charge in [0.15, 0.2) is 12.2 Å². The molecule has 0 bridgehead atoms. The summed E-state index contributed by atoms with van der Waals surface area (Å²) in [6.07, 6.45) is 0. The van der Waals surface area contributed by atoms with E-state index >= 15 is 0 Å². The molecule has 0 saturated heterocycles. The van der Waals surface area contributed by atoms with Crippen molar-refractivity contribution in [2.75, 3.05) is 11.9 Å². The summed E-state index contributed by atoms with van der Waals surface area (Å²) in [5.74, 6) is -0.868. The topological polar surface area (TPSA) is 64.6 Å². The van der Waals surface area contributed by atoms with Gasteiger partial charge in [0.2, 0.25) is 0 Å². The fourth-order valence-electron chi connectivity index (χ4n) is 1.95. The van der Waals surface area contributed by atoms with E-state index in [0.29, 0.717) is 10.8 Å². The van der Waals surface area contributed by atoms with Crippen molar-refractivity contribution in [3.8, 4) is 5.75 Å². The highest BCUT2D eigenvalue weighted by Gasteiger charge is 2.32. The van der Waals surface area contributed by atoms with Gasteiger partial charge in [-0.05, 0) is 50.2 Å². The molecule has 0 fully saturated rings. The predicted molar refractivity (Wildman–Crippen MR) is 107 cm³/mol. The molecular weight excluding hydrogens is 436 g/mol.